The van der Waals surface area contributed by atoms with Gasteiger partial charge in [0.1, 0.15) is 0 Å². The maximum absolute atomic E-state index is 9.76. The van der Waals surface area contributed by atoms with Crippen LogP contribution in [0.1, 0.15) is 18.1 Å². The Morgan fingerprint density at radius 2 is 2.12 bits per heavy atom. The van der Waals surface area contributed by atoms with E-state index in [9.17, 15) is 5.11 Å². The summed E-state index contributed by atoms with van der Waals surface area (Å²) in [5.74, 6) is 0. The smallest absolute Gasteiger partial charge is 0.0895 e. The number of aliphatic hydroxyl groups is 1. The summed E-state index contributed by atoms with van der Waals surface area (Å²) < 4.78 is 0. The molecule has 0 bridgehead atoms. The van der Waals surface area contributed by atoms with Gasteiger partial charge in [0.2, 0.25) is 0 Å². The number of aliphatic imine (C=N–C) groups is 1. The summed E-state index contributed by atoms with van der Waals surface area (Å²) in [4.78, 5) is 6.26. The Morgan fingerprint density at radius 1 is 1.38 bits per heavy atom. The minimum Gasteiger partial charge on any atom is -0.388 e. The van der Waals surface area contributed by atoms with E-state index >= 15 is 0 Å². The highest BCUT2D eigenvalue weighted by Crippen LogP contribution is 2.21. The van der Waals surface area contributed by atoms with Crippen LogP contribution < -0.4 is 10.6 Å². The van der Waals surface area contributed by atoms with E-state index < -0.39 is 6.10 Å². The van der Waals surface area contributed by atoms with E-state index in [-0.39, 0.29) is 0 Å². The first kappa shape index (κ1) is 11.1. The van der Waals surface area contributed by atoms with Crippen LogP contribution in [0.5, 0.6) is 0 Å². The van der Waals surface area contributed by atoms with Crippen molar-refractivity contribution >= 4 is 12.0 Å². The van der Waals surface area contributed by atoms with Crippen molar-refractivity contribution in [3.05, 3.63) is 29.8 Å². The number of hydrogen-bond acceptors (Lipinski definition) is 4. The van der Waals surface area contributed by atoms with Crippen molar-refractivity contribution in [3.8, 4) is 0 Å². The molecule has 0 fully saturated rings. The first-order chi connectivity index (χ1) is 7.81. The van der Waals surface area contributed by atoms with E-state index in [0.717, 1.165) is 24.3 Å². The van der Waals surface area contributed by atoms with E-state index in [2.05, 4.69) is 9.89 Å². The minimum atomic E-state index is -0.453. The van der Waals surface area contributed by atoms with Gasteiger partial charge >= 0.3 is 0 Å². The Bertz CT molecular complexity index is 361. The molecule has 0 saturated carbocycles. The van der Waals surface area contributed by atoms with Gasteiger partial charge in [-0.2, -0.15) is 0 Å². The minimum absolute atomic E-state index is 0.453. The van der Waals surface area contributed by atoms with Crippen LogP contribution in [-0.4, -0.2) is 31.1 Å². The maximum Gasteiger partial charge on any atom is 0.0895 e. The maximum atomic E-state index is 9.76. The summed E-state index contributed by atoms with van der Waals surface area (Å²) in [5.41, 5.74) is 7.45. The van der Waals surface area contributed by atoms with Crippen LogP contribution in [0.15, 0.2) is 29.3 Å². The van der Waals surface area contributed by atoms with Crippen LogP contribution in [0.2, 0.25) is 0 Å². The fourth-order valence-corrected chi connectivity index (χ4v) is 1.79. The van der Waals surface area contributed by atoms with Crippen LogP contribution in [0.25, 0.3) is 0 Å². The van der Waals surface area contributed by atoms with Crippen LogP contribution in [0.4, 0.5) is 5.69 Å². The monoisotopic (exact) mass is 219 g/mol. The Morgan fingerprint density at radius 3 is 2.69 bits per heavy atom. The van der Waals surface area contributed by atoms with Gasteiger partial charge in [0.15, 0.2) is 0 Å². The highest BCUT2D eigenvalue weighted by atomic mass is 16.3. The van der Waals surface area contributed by atoms with Gasteiger partial charge in [-0.3, -0.25) is 4.99 Å². The lowest BCUT2D eigenvalue weighted by Gasteiger charge is -2.15. The molecule has 0 radical (unpaired) electrons. The van der Waals surface area contributed by atoms with Gasteiger partial charge in [0.05, 0.1) is 19.0 Å². The molecule has 2 rings (SSSR count). The van der Waals surface area contributed by atoms with E-state index in [1.54, 1.807) is 0 Å². The zero-order valence-corrected chi connectivity index (χ0v) is 9.21. The van der Waals surface area contributed by atoms with Gasteiger partial charge in [-0.05, 0) is 30.7 Å². The lowest BCUT2D eigenvalue weighted by atomic mass is 10.1. The molecule has 1 aliphatic rings. The third kappa shape index (κ3) is 2.40. The Kier molecular flexibility index (Phi) is 3.54. The van der Waals surface area contributed by atoms with Gasteiger partial charge < -0.3 is 15.7 Å². The fourth-order valence-electron chi connectivity index (χ4n) is 1.79. The Hall–Kier alpha value is -1.39. The molecule has 4 heteroatoms. The van der Waals surface area contributed by atoms with Gasteiger partial charge in [-0.25, -0.2) is 0 Å². The molecular weight excluding hydrogens is 202 g/mol. The average molecular weight is 219 g/mol. The number of rotatable bonds is 4. The van der Waals surface area contributed by atoms with Crippen LogP contribution in [-0.2, 0) is 0 Å². The van der Waals surface area contributed by atoms with Crippen molar-refractivity contribution in [1.29, 1.82) is 0 Å². The molecule has 4 nitrogen and oxygen atoms in total. The predicted octanol–water partition coefficient (Wildman–Crippen LogP) is 0.917. The Balaban J connectivity index is 2.06. The molecule has 3 N–H and O–H groups in total. The van der Waals surface area contributed by atoms with E-state index in [1.807, 2.05) is 30.6 Å². The SMILES string of the molecule is NCCC(O)c1ccc(N2C=NCC2)cc1. The van der Waals surface area contributed by atoms with Crippen LogP contribution in [0, 0.1) is 0 Å². The predicted molar refractivity (Wildman–Crippen MR) is 65.8 cm³/mol. The van der Waals surface area contributed by atoms with E-state index in [0.29, 0.717) is 13.0 Å². The quantitative estimate of drug-likeness (QED) is 0.791. The average Bonchev–Trinajstić information content (AvgIpc) is 2.83. The van der Waals surface area contributed by atoms with Crippen molar-refractivity contribution in [2.24, 2.45) is 10.7 Å². The molecule has 1 aromatic carbocycles. The van der Waals surface area contributed by atoms with Gasteiger partial charge in [-0.1, -0.05) is 12.1 Å². The lowest BCUT2D eigenvalue weighted by Crippen LogP contribution is -2.18. The zero-order chi connectivity index (χ0) is 11.4. The third-order valence-electron chi connectivity index (χ3n) is 2.74. The second-order valence-corrected chi connectivity index (χ2v) is 3.90. The van der Waals surface area contributed by atoms with Crippen LogP contribution >= 0.6 is 0 Å². The second-order valence-electron chi connectivity index (χ2n) is 3.90. The standard InChI is InChI=1S/C12H17N3O/c13-6-5-12(16)10-1-3-11(4-2-10)15-8-7-14-9-15/h1-4,9,12,16H,5-8,13H2. The molecule has 86 valence electrons. The zero-order valence-electron chi connectivity index (χ0n) is 9.21. The summed E-state index contributed by atoms with van der Waals surface area (Å²) in [6, 6.07) is 7.91. The van der Waals surface area contributed by atoms with Gasteiger partial charge in [0, 0.05) is 12.2 Å². The summed E-state index contributed by atoms with van der Waals surface area (Å²) >= 11 is 0. The number of hydrogen-bond donors (Lipinski definition) is 2. The van der Waals surface area contributed by atoms with Crippen LogP contribution in [0.3, 0.4) is 0 Å². The first-order valence-electron chi connectivity index (χ1n) is 5.56. The summed E-state index contributed by atoms with van der Waals surface area (Å²) in [6.45, 7) is 2.30. The third-order valence-corrected chi connectivity index (χ3v) is 2.74. The molecule has 1 aliphatic heterocycles. The Labute approximate surface area is 95.4 Å². The topological polar surface area (TPSA) is 61.9 Å². The molecule has 0 saturated heterocycles. The molecule has 1 heterocycles. The molecule has 16 heavy (non-hydrogen) atoms. The second kappa shape index (κ2) is 5.09. The van der Waals surface area contributed by atoms with Gasteiger partial charge in [0.25, 0.3) is 0 Å². The lowest BCUT2D eigenvalue weighted by molar-refractivity contribution is 0.170. The van der Waals surface area contributed by atoms with E-state index in [4.69, 9.17) is 5.73 Å². The van der Waals surface area contributed by atoms with Crippen molar-refractivity contribution < 1.29 is 5.11 Å². The molecule has 1 atom stereocenters. The molecule has 1 aromatic rings. The van der Waals surface area contributed by atoms with Crippen molar-refractivity contribution in [2.75, 3.05) is 24.5 Å². The highest BCUT2D eigenvalue weighted by molar-refractivity contribution is 5.80. The number of benzene rings is 1. The number of nitrogens with two attached hydrogens (primary N) is 1. The summed E-state index contributed by atoms with van der Waals surface area (Å²) in [7, 11) is 0. The molecular formula is C12H17N3O. The molecule has 0 aromatic heterocycles. The normalized spacial score (nSPS) is 16.8. The molecule has 0 spiro atoms. The molecule has 0 amide bonds. The van der Waals surface area contributed by atoms with Crippen molar-refractivity contribution in [2.45, 2.75) is 12.5 Å². The number of aliphatic hydroxyl groups excluding tert-OH is 1. The summed E-state index contributed by atoms with van der Waals surface area (Å²) in [5, 5.41) is 9.76. The fraction of sp³-hybridized carbons (Fsp3) is 0.417. The molecule has 1 unspecified atom stereocenters. The number of nitrogens with zero attached hydrogens (tertiary/aromatic N) is 2. The highest BCUT2D eigenvalue weighted by Gasteiger charge is 2.10. The number of anilines is 1. The van der Waals surface area contributed by atoms with E-state index in [1.165, 1.54) is 0 Å². The summed E-state index contributed by atoms with van der Waals surface area (Å²) in [6.07, 6.45) is 2.00. The first-order valence-corrected chi connectivity index (χ1v) is 5.56. The van der Waals surface area contributed by atoms with Crippen molar-refractivity contribution in [3.63, 3.8) is 0 Å². The van der Waals surface area contributed by atoms with Gasteiger partial charge in [-0.15, -0.1) is 0 Å². The largest absolute Gasteiger partial charge is 0.388 e. The van der Waals surface area contributed by atoms with Crippen molar-refractivity contribution in [1.82, 2.24) is 0 Å². The molecule has 0 aliphatic carbocycles.